The molecule has 0 saturated carbocycles. The molecule has 8 nitrogen and oxygen atoms in total. The molecule has 0 aliphatic heterocycles. The molecule has 0 spiro atoms. The molecule has 28 heavy (non-hydrogen) atoms. The van der Waals surface area contributed by atoms with E-state index in [-0.39, 0.29) is 17.3 Å². The number of aryl methyl sites for hydroxylation is 1. The van der Waals surface area contributed by atoms with E-state index in [9.17, 15) is 14.9 Å². The fourth-order valence-corrected chi connectivity index (χ4v) is 3.30. The van der Waals surface area contributed by atoms with E-state index >= 15 is 0 Å². The third kappa shape index (κ3) is 4.49. The predicted octanol–water partition coefficient (Wildman–Crippen LogP) is 4.08. The molecule has 3 rings (SSSR count). The first-order valence-electron chi connectivity index (χ1n) is 8.18. The number of amides is 1. The molecular formula is C18H16ClN5O3S. The highest BCUT2D eigenvalue weighted by atomic mass is 35.5. The fourth-order valence-electron chi connectivity index (χ4n) is 2.47. The van der Waals surface area contributed by atoms with Gasteiger partial charge in [0.15, 0.2) is 11.0 Å². The third-order valence-electron chi connectivity index (χ3n) is 3.98. The molecule has 10 heteroatoms. The molecule has 0 unspecified atom stereocenters. The Bertz CT molecular complexity index is 1040. The van der Waals surface area contributed by atoms with Crippen LogP contribution >= 0.6 is 23.4 Å². The van der Waals surface area contributed by atoms with Gasteiger partial charge in [-0.25, -0.2) is 0 Å². The van der Waals surface area contributed by atoms with Gasteiger partial charge in [-0.3, -0.25) is 14.9 Å². The summed E-state index contributed by atoms with van der Waals surface area (Å²) in [6, 6.07) is 11.6. The number of carbonyl (C=O) groups is 1. The second-order valence-corrected chi connectivity index (χ2v) is 7.34. The highest BCUT2D eigenvalue weighted by molar-refractivity contribution is 7.99. The minimum absolute atomic E-state index is 0.0746. The van der Waals surface area contributed by atoms with Crippen LogP contribution in [0.25, 0.3) is 11.4 Å². The van der Waals surface area contributed by atoms with Crippen molar-refractivity contribution in [3.05, 3.63) is 63.2 Å². The molecule has 0 saturated heterocycles. The highest BCUT2D eigenvalue weighted by Crippen LogP contribution is 2.25. The van der Waals surface area contributed by atoms with Crippen molar-refractivity contribution in [2.24, 2.45) is 7.05 Å². The maximum absolute atomic E-state index is 12.3. The summed E-state index contributed by atoms with van der Waals surface area (Å²) in [5, 5.41) is 23.1. The van der Waals surface area contributed by atoms with E-state index in [1.807, 2.05) is 19.2 Å². The van der Waals surface area contributed by atoms with Crippen LogP contribution in [0.3, 0.4) is 0 Å². The van der Waals surface area contributed by atoms with Crippen LogP contribution in [0.5, 0.6) is 0 Å². The number of benzene rings is 2. The van der Waals surface area contributed by atoms with Crippen molar-refractivity contribution in [3.63, 3.8) is 0 Å². The maximum Gasteiger partial charge on any atom is 0.271 e. The Morgan fingerprint density at radius 1 is 1.25 bits per heavy atom. The van der Waals surface area contributed by atoms with Crippen molar-refractivity contribution in [3.8, 4) is 11.4 Å². The zero-order valence-electron chi connectivity index (χ0n) is 15.0. The van der Waals surface area contributed by atoms with E-state index in [4.69, 9.17) is 11.6 Å². The number of nitro groups is 1. The number of nitro benzene ring substituents is 1. The molecule has 144 valence electrons. The summed E-state index contributed by atoms with van der Waals surface area (Å²) in [6.45, 7) is 1.77. The third-order valence-corrected chi connectivity index (χ3v) is 5.25. The average molecular weight is 418 g/mol. The highest BCUT2D eigenvalue weighted by Gasteiger charge is 2.15. The summed E-state index contributed by atoms with van der Waals surface area (Å²) >= 11 is 7.13. The minimum atomic E-state index is -0.498. The number of rotatable bonds is 6. The molecule has 0 aliphatic carbocycles. The van der Waals surface area contributed by atoms with Crippen molar-refractivity contribution in [1.82, 2.24) is 14.8 Å². The van der Waals surface area contributed by atoms with E-state index in [0.29, 0.717) is 21.7 Å². The Labute approximate surface area is 170 Å². The van der Waals surface area contributed by atoms with Gasteiger partial charge in [-0.2, -0.15) is 0 Å². The normalized spacial score (nSPS) is 10.7. The van der Waals surface area contributed by atoms with Crippen molar-refractivity contribution in [2.45, 2.75) is 12.1 Å². The smallest absolute Gasteiger partial charge is 0.271 e. The summed E-state index contributed by atoms with van der Waals surface area (Å²) in [7, 11) is 1.81. The lowest BCUT2D eigenvalue weighted by atomic mass is 10.2. The van der Waals surface area contributed by atoms with Crippen LogP contribution in [-0.4, -0.2) is 31.3 Å². The van der Waals surface area contributed by atoms with E-state index < -0.39 is 4.92 Å². The molecule has 1 N–H and O–H groups in total. The fraction of sp³-hybridized carbons (Fsp3) is 0.167. The first-order valence-corrected chi connectivity index (χ1v) is 9.54. The Morgan fingerprint density at radius 3 is 2.64 bits per heavy atom. The molecule has 0 atom stereocenters. The largest absolute Gasteiger partial charge is 0.325 e. The number of nitrogens with one attached hydrogen (secondary N) is 1. The van der Waals surface area contributed by atoms with Gasteiger partial charge in [0, 0.05) is 29.8 Å². The van der Waals surface area contributed by atoms with E-state index in [1.54, 1.807) is 29.7 Å². The average Bonchev–Trinajstić information content (AvgIpc) is 3.03. The zero-order valence-corrected chi connectivity index (χ0v) is 16.6. The topological polar surface area (TPSA) is 103 Å². The van der Waals surface area contributed by atoms with Crippen molar-refractivity contribution in [2.75, 3.05) is 11.1 Å². The monoisotopic (exact) mass is 417 g/mol. The van der Waals surface area contributed by atoms with Gasteiger partial charge in [0.2, 0.25) is 5.91 Å². The molecule has 0 aliphatic rings. The van der Waals surface area contributed by atoms with Crippen LogP contribution in [0.15, 0.2) is 47.6 Å². The second kappa shape index (κ2) is 8.41. The molecule has 3 aromatic rings. The minimum Gasteiger partial charge on any atom is -0.325 e. The summed E-state index contributed by atoms with van der Waals surface area (Å²) in [5.74, 6) is 0.466. The Balaban J connectivity index is 1.66. The summed E-state index contributed by atoms with van der Waals surface area (Å²) in [5.41, 5.74) is 1.95. The lowest BCUT2D eigenvalue weighted by Gasteiger charge is -2.08. The Morgan fingerprint density at radius 2 is 1.96 bits per heavy atom. The van der Waals surface area contributed by atoms with Gasteiger partial charge in [0.05, 0.1) is 16.4 Å². The lowest BCUT2D eigenvalue weighted by molar-refractivity contribution is -0.384. The molecule has 1 amide bonds. The number of non-ortho nitro benzene ring substituents is 1. The standard InChI is InChI=1S/C18H16ClN5O3S/c1-11-3-8-14(24(26)27)9-15(11)20-16(25)10-28-18-22-21-17(23(18)2)12-4-6-13(19)7-5-12/h3-9H,10H2,1-2H3,(H,20,25). The van der Waals surface area contributed by atoms with Crippen LogP contribution in [0.2, 0.25) is 5.02 Å². The summed E-state index contributed by atoms with van der Waals surface area (Å²) in [6.07, 6.45) is 0. The summed E-state index contributed by atoms with van der Waals surface area (Å²) in [4.78, 5) is 22.7. The van der Waals surface area contributed by atoms with Crippen LogP contribution in [0, 0.1) is 17.0 Å². The number of halogens is 1. The van der Waals surface area contributed by atoms with Crippen molar-refractivity contribution in [1.29, 1.82) is 0 Å². The number of thioether (sulfide) groups is 1. The van der Waals surface area contributed by atoms with Crippen LogP contribution < -0.4 is 5.32 Å². The molecule has 0 radical (unpaired) electrons. The van der Waals surface area contributed by atoms with Crippen LogP contribution in [0.4, 0.5) is 11.4 Å². The summed E-state index contributed by atoms with van der Waals surface area (Å²) < 4.78 is 1.79. The number of aromatic nitrogens is 3. The number of nitrogens with zero attached hydrogens (tertiary/aromatic N) is 4. The van der Waals surface area contributed by atoms with Gasteiger partial charge in [0.25, 0.3) is 5.69 Å². The van der Waals surface area contributed by atoms with E-state index in [0.717, 1.165) is 11.1 Å². The van der Waals surface area contributed by atoms with Gasteiger partial charge in [-0.1, -0.05) is 29.4 Å². The van der Waals surface area contributed by atoms with E-state index in [1.165, 1.54) is 23.9 Å². The lowest BCUT2D eigenvalue weighted by Crippen LogP contribution is -2.15. The van der Waals surface area contributed by atoms with Gasteiger partial charge in [0.1, 0.15) is 0 Å². The van der Waals surface area contributed by atoms with E-state index in [2.05, 4.69) is 15.5 Å². The number of anilines is 1. The van der Waals surface area contributed by atoms with Gasteiger partial charge < -0.3 is 9.88 Å². The predicted molar refractivity (Wildman–Crippen MR) is 109 cm³/mol. The number of hydrogen-bond acceptors (Lipinski definition) is 6. The maximum atomic E-state index is 12.3. The molecule has 0 fully saturated rings. The van der Waals surface area contributed by atoms with Crippen molar-refractivity contribution < 1.29 is 9.72 Å². The zero-order chi connectivity index (χ0) is 20.3. The molecular weight excluding hydrogens is 402 g/mol. The number of carbonyl (C=O) groups excluding carboxylic acids is 1. The van der Waals surface area contributed by atoms with Gasteiger partial charge in [-0.15, -0.1) is 10.2 Å². The van der Waals surface area contributed by atoms with Crippen molar-refractivity contribution >= 4 is 40.6 Å². The Kier molecular flexibility index (Phi) is 5.96. The first-order chi connectivity index (χ1) is 13.3. The first kappa shape index (κ1) is 19.8. The number of hydrogen-bond donors (Lipinski definition) is 1. The van der Waals surface area contributed by atoms with Gasteiger partial charge >= 0.3 is 0 Å². The molecule has 2 aromatic carbocycles. The second-order valence-electron chi connectivity index (χ2n) is 5.97. The van der Waals surface area contributed by atoms with Crippen LogP contribution in [0.1, 0.15) is 5.56 Å². The van der Waals surface area contributed by atoms with Crippen LogP contribution in [-0.2, 0) is 11.8 Å². The SMILES string of the molecule is Cc1ccc([N+](=O)[O-])cc1NC(=O)CSc1nnc(-c2ccc(Cl)cc2)n1C. The molecule has 1 heterocycles. The molecule has 1 aromatic heterocycles. The van der Waals surface area contributed by atoms with Gasteiger partial charge in [-0.05, 0) is 36.8 Å². The quantitative estimate of drug-likeness (QED) is 0.368. The Hall–Kier alpha value is -2.91. The molecule has 0 bridgehead atoms.